The zero-order valence-electron chi connectivity index (χ0n) is 10.3. The van der Waals surface area contributed by atoms with Gasteiger partial charge in [0.25, 0.3) is 0 Å². The molecular weight excluding hydrogens is 230 g/mol. The molecule has 0 atom stereocenters. The van der Waals surface area contributed by atoms with Gasteiger partial charge in [-0.05, 0) is 30.9 Å². The Morgan fingerprint density at radius 2 is 2.17 bits per heavy atom. The zero-order chi connectivity index (χ0) is 13.2. The summed E-state index contributed by atoms with van der Waals surface area (Å²) >= 11 is 0. The van der Waals surface area contributed by atoms with E-state index in [4.69, 9.17) is 10.9 Å². The number of amidine groups is 1. The van der Waals surface area contributed by atoms with Crippen LogP contribution >= 0.6 is 0 Å². The van der Waals surface area contributed by atoms with Crippen molar-refractivity contribution in [3.8, 4) is 0 Å². The van der Waals surface area contributed by atoms with Crippen molar-refractivity contribution in [2.24, 2.45) is 16.3 Å². The lowest BCUT2D eigenvalue weighted by Crippen LogP contribution is -2.40. The highest BCUT2D eigenvalue weighted by molar-refractivity contribution is 6.09. The topological polar surface area (TPSA) is 87.7 Å². The van der Waals surface area contributed by atoms with Crippen LogP contribution in [0.25, 0.3) is 0 Å². The molecule has 0 radical (unpaired) electrons. The van der Waals surface area contributed by atoms with E-state index in [2.05, 4.69) is 10.5 Å². The van der Waals surface area contributed by atoms with E-state index in [-0.39, 0.29) is 11.7 Å². The largest absolute Gasteiger partial charge is 0.409 e. The second-order valence-electron chi connectivity index (χ2n) is 4.68. The molecule has 5 heteroatoms. The zero-order valence-corrected chi connectivity index (χ0v) is 10.3. The fourth-order valence-electron chi connectivity index (χ4n) is 1.97. The fourth-order valence-corrected chi connectivity index (χ4v) is 1.97. The van der Waals surface area contributed by atoms with Gasteiger partial charge in [-0.3, -0.25) is 4.79 Å². The Balaban J connectivity index is 2.00. The van der Waals surface area contributed by atoms with Crippen LogP contribution in [0.15, 0.2) is 29.4 Å². The first-order chi connectivity index (χ1) is 8.60. The summed E-state index contributed by atoms with van der Waals surface area (Å²) in [7, 11) is 0. The van der Waals surface area contributed by atoms with Crippen LogP contribution in [0.2, 0.25) is 0 Å². The average molecular weight is 247 g/mol. The fraction of sp³-hybridized carbons (Fsp3) is 0.385. The van der Waals surface area contributed by atoms with E-state index in [1.807, 2.05) is 31.2 Å². The van der Waals surface area contributed by atoms with Crippen molar-refractivity contribution in [3.63, 3.8) is 0 Å². The predicted octanol–water partition coefficient (Wildman–Crippen LogP) is 1.14. The second kappa shape index (κ2) is 4.68. The molecule has 1 saturated carbocycles. The van der Waals surface area contributed by atoms with Crippen LogP contribution in [-0.4, -0.2) is 17.0 Å². The monoisotopic (exact) mass is 247 g/mol. The molecular formula is C13H17N3O2. The summed E-state index contributed by atoms with van der Waals surface area (Å²) in [5.74, 6) is -0.161. The molecule has 0 unspecified atom stereocenters. The molecule has 1 aromatic carbocycles. The van der Waals surface area contributed by atoms with Crippen LogP contribution in [0.3, 0.4) is 0 Å². The minimum Gasteiger partial charge on any atom is -0.409 e. The van der Waals surface area contributed by atoms with Crippen LogP contribution in [-0.2, 0) is 11.3 Å². The molecule has 5 nitrogen and oxygen atoms in total. The number of nitrogens with two attached hydrogens (primary N) is 1. The van der Waals surface area contributed by atoms with E-state index in [1.54, 1.807) is 0 Å². The van der Waals surface area contributed by atoms with E-state index in [0.717, 1.165) is 11.1 Å². The molecule has 4 N–H and O–H groups in total. The third kappa shape index (κ3) is 2.16. The molecule has 1 aliphatic rings. The maximum Gasteiger partial charge on any atom is 0.234 e. The number of hydrogen-bond acceptors (Lipinski definition) is 3. The standard InChI is InChI=1S/C13H17N3O2/c1-9-4-2-3-5-10(9)8-15-12(17)13(6-7-13)11(14)16-18/h2-5,18H,6-8H2,1H3,(H2,14,16)(H,15,17). The van der Waals surface area contributed by atoms with E-state index in [9.17, 15) is 4.79 Å². The quantitative estimate of drug-likeness (QED) is 0.322. The molecule has 0 heterocycles. The lowest BCUT2D eigenvalue weighted by Gasteiger charge is -2.14. The smallest absolute Gasteiger partial charge is 0.234 e. The molecule has 0 aliphatic heterocycles. The Bertz CT molecular complexity index is 493. The highest BCUT2D eigenvalue weighted by Gasteiger charge is 2.54. The van der Waals surface area contributed by atoms with Crippen LogP contribution in [0, 0.1) is 12.3 Å². The number of nitrogens with one attached hydrogen (secondary N) is 1. The van der Waals surface area contributed by atoms with Gasteiger partial charge in [0.15, 0.2) is 5.84 Å². The minimum atomic E-state index is -0.780. The third-order valence-corrected chi connectivity index (χ3v) is 3.48. The van der Waals surface area contributed by atoms with Crippen LogP contribution < -0.4 is 11.1 Å². The van der Waals surface area contributed by atoms with E-state index in [0.29, 0.717) is 19.4 Å². The van der Waals surface area contributed by atoms with Crippen molar-refractivity contribution >= 4 is 11.7 Å². The van der Waals surface area contributed by atoms with Gasteiger partial charge in [0, 0.05) is 6.54 Å². The van der Waals surface area contributed by atoms with Crippen molar-refractivity contribution < 1.29 is 10.0 Å². The van der Waals surface area contributed by atoms with Gasteiger partial charge in [-0.25, -0.2) is 0 Å². The summed E-state index contributed by atoms with van der Waals surface area (Å²) in [6.45, 7) is 2.46. The minimum absolute atomic E-state index is 0.00443. The summed E-state index contributed by atoms with van der Waals surface area (Å²) < 4.78 is 0. The number of benzene rings is 1. The first-order valence-corrected chi connectivity index (χ1v) is 5.91. The van der Waals surface area contributed by atoms with Crippen molar-refractivity contribution in [1.82, 2.24) is 5.32 Å². The first-order valence-electron chi connectivity index (χ1n) is 5.91. The number of oxime groups is 1. The number of hydrogen-bond donors (Lipinski definition) is 3. The Labute approximate surface area is 106 Å². The average Bonchev–Trinajstić information content (AvgIpc) is 3.18. The molecule has 18 heavy (non-hydrogen) atoms. The molecule has 0 saturated heterocycles. The SMILES string of the molecule is Cc1ccccc1CNC(=O)C1(/C(N)=N/O)CC1. The van der Waals surface area contributed by atoms with Crippen LogP contribution in [0.4, 0.5) is 0 Å². The van der Waals surface area contributed by atoms with Gasteiger partial charge in [0.05, 0.1) is 0 Å². The summed E-state index contributed by atoms with van der Waals surface area (Å²) in [4.78, 5) is 12.0. The summed E-state index contributed by atoms with van der Waals surface area (Å²) in [6, 6.07) is 7.86. The van der Waals surface area contributed by atoms with Crippen LogP contribution in [0.5, 0.6) is 0 Å². The van der Waals surface area contributed by atoms with Crippen LogP contribution in [0.1, 0.15) is 24.0 Å². The molecule has 0 bridgehead atoms. The molecule has 1 fully saturated rings. The Morgan fingerprint density at radius 3 is 2.72 bits per heavy atom. The number of carbonyl (C=O) groups is 1. The number of rotatable bonds is 4. The van der Waals surface area contributed by atoms with E-state index >= 15 is 0 Å². The molecule has 96 valence electrons. The normalized spacial score (nSPS) is 17.3. The van der Waals surface area contributed by atoms with Crippen molar-refractivity contribution in [2.75, 3.05) is 0 Å². The second-order valence-corrected chi connectivity index (χ2v) is 4.68. The summed E-state index contributed by atoms with van der Waals surface area (Å²) in [5, 5.41) is 14.5. The highest BCUT2D eigenvalue weighted by Crippen LogP contribution is 2.46. The number of amides is 1. The number of carbonyl (C=O) groups excluding carboxylic acids is 1. The van der Waals surface area contributed by atoms with E-state index in [1.165, 1.54) is 0 Å². The van der Waals surface area contributed by atoms with Gasteiger partial charge >= 0.3 is 0 Å². The van der Waals surface area contributed by atoms with Gasteiger partial charge in [-0.2, -0.15) is 0 Å². The molecule has 1 aliphatic carbocycles. The van der Waals surface area contributed by atoms with E-state index < -0.39 is 5.41 Å². The maximum atomic E-state index is 12.0. The molecule has 1 aromatic rings. The van der Waals surface area contributed by atoms with Gasteiger partial charge < -0.3 is 16.3 Å². The lowest BCUT2D eigenvalue weighted by atomic mass is 10.0. The summed E-state index contributed by atoms with van der Waals surface area (Å²) in [6.07, 6.45) is 1.28. The lowest BCUT2D eigenvalue weighted by molar-refractivity contribution is -0.124. The molecule has 2 rings (SSSR count). The van der Waals surface area contributed by atoms with Crippen molar-refractivity contribution in [3.05, 3.63) is 35.4 Å². The Morgan fingerprint density at radius 1 is 1.50 bits per heavy atom. The Hall–Kier alpha value is -2.04. The van der Waals surface area contributed by atoms with Gasteiger partial charge in [-0.15, -0.1) is 0 Å². The predicted molar refractivity (Wildman–Crippen MR) is 68.1 cm³/mol. The third-order valence-electron chi connectivity index (χ3n) is 3.48. The highest BCUT2D eigenvalue weighted by atomic mass is 16.4. The maximum absolute atomic E-state index is 12.0. The first kappa shape index (κ1) is 12.4. The number of aryl methyl sites for hydroxylation is 1. The van der Waals surface area contributed by atoms with Crippen molar-refractivity contribution in [1.29, 1.82) is 0 Å². The molecule has 0 spiro atoms. The van der Waals surface area contributed by atoms with Gasteiger partial charge in [-0.1, -0.05) is 29.4 Å². The van der Waals surface area contributed by atoms with Gasteiger partial charge in [0.1, 0.15) is 5.41 Å². The van der Waals surface area contributed by atoms with Gasteiger partial charge in [0.2, 0.25) is 5.91 Å². The van der Waals surface area contributed by atoms with Crippen molar-refractivity contribution in [2.45, 2.75) is 26.3 Å². The summed E-state index contributed by atoms with van der Waals surface area (Å²) in [5.41, 5.74) is 6.97. The molecule has 1 amide bonds. The number of nitrogens with zero attached hydrogens (tertiary/aromatic N) is 1. The Kier molecular flexibility index (Phi) is 3.23. The molecule has 0 aromatic heterocycles.